The van der Waals surface area contributed by atoms with Crippen molar-refractivity contribution in [2.45, 2.75) is 56.4 Å². The molecule has 0 radical (unpaired) electrons. The predicted molar refractivity (Wildman–Crippen MR) is 79.1 cm³/mol. The van der Waals surface area contributed by atoms with Crippen LogP contribution in [0.25, 0.3) is 0 Å². The van der Waals surface area contributed by atoms with Gasteiger partial charge in [-0.2, -0.15) is 0 Å². The van der Waals surface area contributed by atoms with E-state index in [4.69, 9.17) is 5.11 Å². The van der Waals surface area contributed by atoms with E-state index in [0.29, 0.717) is 0 Å². The molecule has 1 unspecified atom stereocenters. The summed E-state index contributed by atoms with van der Waals surface area (Å²) in [5, 5.41) is 12.1. The lowest BCUT2D eigenvalue weighted by atomic mass is 9.73. The highest BCUT2D eigenvalue weighted by Gasteiger charge is 2.42. The molecule has 1 saturated carbocycles. The summed E-state index contributed by atoms with van der Waals surface area (Å²) in [6, 6.07) is 8.10. The summed E-state index contributed by atoms with van der Waals surface area (Å²) >= 11 is 0. The molecule has 1 fully saturated rings. The van der Waals surface area contributed by atoms with E-state index < -0.39 is 11.5 Å². The SMILES string of the molecule is O=C(O)CC1(NC(=O)C2CCCc3ccccc32)CCC1. The normalized spacial score (nSPS) is 22.8. The molecule has 2 N–H and O–H groups in total. The zero-order valence-corrected chi connectivity index (χ0v) is 12.1. The maximum Gasteiger partial charge on any atom is 0.305 e. The first-order valence-corrected chi connectivity index (χ1v) is 7.71. The minimum absolute atomic E-state index is 0.00287. The third-order valence-corrected chi connectivity index (χ3v) is 4.87. The van der Waals surface area contributed by atoms with E-state index in [2.05, 4.69) is 11.4 Å². The summed E-state index contributed by atoms with van der Waals surface area (Å²) in [7, 11) is 0. The maximum absolute atomic E-state index is 12.6. The second-order valence-electron chi connectivity index (χ2n) is 6.34. The molecular weight excluding hydrogens is 266 g/mol. The summed E-state index contributed by atoms with van der Waals surface area (Å²) in [4.78, 5) is 23.7. The molecule has 2 aliphatic carbocycles. The van der Waals surface area contributed by atoms with E-state index in [0.717, 1.165) is 44.1 Å². The lowest BCUT2D eigenvalue weighted by Gasteiger charge is -2.42. The first-order valence-electron chi connectivity index (χ1n) is 7.71. The zero-order valence-electron chi connectivity index (χ0n) is 12.1. The van der Waals surface area contributed by atoms with Gasteiger partial charge in [0.05, 0.1) is 17.9 Å². The topological polar surface area (TPSA) is 66.4 Å². The smallest absolute Gasteiger partial charge is 0.305 e. The van der Waals surface area contributed by atoms with Crippen LogP contribution in [0.1, 0.15) is 55.6 Å². The number of benzene rings is 1. The van der Waals surface area contributed by atoms with Crippen LogP contribution >= 0.6 is 0 Å². The Morgan fingerprint density at radius 3 is 2.67 bits per heavy atom. The Bertz CT molecular complexity index is 563. The monoisotopic (exact) mass is 287 g/mol. The van der Waals surface area contributed by atoms with Gasteiger partial charge in [0.25, 0.3) is 0 Å². The van der Waals surface area contributed by atoms with Crippen LogP contribution in [0.4, 0.5) is 0 Å². The first kappa shape index (κ1) is 14.1. The second kappa shape index (κ2) is 5.51. The van der Waals surface area contributed by atoms with Crippen molar-refractivity contribution in [2.24, 2.45) is 0 Å². The van der Waals surface area contributed by atoms with Gasteiger partial charge in [-0.05, 0) is 49.7 Å². The minimum atomic E-state index is -0.834. The van der Waals surface area contributed by atoms with Gasteiger partial charge in [0, 0.05) is 0 Å². The molecule has 1 amide bonds. The number of fused-ring (bicyclic) bond motifs is 1. The number of aliphatic carboxylic acids is 1. The van der Waals surface area contributed by atoms with Crippen LogP contribution in [0.3, 0.4) is 0 Å². The van der Waals surface area contributed by atoms with Crippen LogP contribution in [-0.4, -0.2) is 22.5 Å². The number of hydrogen-bond donors (Lipinski definition) is 2. The van der Waals surface area contributed by atoms with Crippen molar-refractivity contribution in [3.63, 3.8) is 0 Å². The maximum atomic E-state index is 12.6. The molecule has 1 aromatic carbocycles. The van der Waals surface area contributed by atoms with Crippen LogP contribution in [-0.2, 0) is 16.0 Å². The Morgan fingerprint density at radius 1 is 1.24 bits per heavy atom. The van der Waals surface area contributed by atoms with Crippen LogP contribution in [0.15, 0.2) is 24.3 Å². The Labute approximate surface area is 124 Å². The fourth-order valence-corrected chi connectivity index (χ4v) is 3.61. The van der Waals surface area contributed by atoms with Crippen molar-refractivity contribution < 1.29 is 14.7 Å². The Hall–Kier alpha value is -1.84. The van der Waals surface area contributed by atoms with Gasteiger partial charge in [0.1, 0.15) is 0 Å². The van der Waals surface area contributed by atoms with Gasteiger partial charge in [-0.3, -0.25) is 9.59 Å². The molecule has 0 aliphatic heterocycles. The molecule has 3 rings (SSSR count). The molecule has 0 aromatic heterocycles. The average Bonchev–Trinajstić information content (AvgIpc) is 2.43. The molecule has 21 heavy (non-hydrogen) atoms. The van der Waals surface area contributed by atoms with Crippen molar-refractivity contribution in [1.82, 2.24) is 5.32 Å². The highest BCUT2D eigenvalue weighted by Crippen LogP contribution is 2.37. The van der Waals surface area contributed by atoms with Crippen LogP contribution in [0, 0.1) is 0 Å². The fourth-order valence-electron chi connectivity index (χ4n) is 3.61. The second-order valence-corrected chi connectivity index (χ2v) is 6.34. The number of aryl methyl sites for hydroxylation is 1. The quantitative estimate of drug-likeness (QED) is 0.894. The van der Waals surface area contributed by atoms with Crippen molar-refractivity contribution in [1.29, 1.82) is 0 Å². The Kier molecular flexibility index (Phi) is 3.70. The van der Waals surface area contributed by atoms with E-state index in [1.54, 1.807) is 0 Å². The van der Waals surface area contributed by atoms with Crippen LogP contribution < -0.4 is 5.32 Å². The average molecular weight is 287 g/mol. The van der Waals surface area contributed by atoms with Crippen LogP contribution in [0.5, 0.6) is 0 Å². The van der Waals surface area contributed by atoms with Gasteiger partial charge in [-0.1, -0.05) is 24.3 Å². The molecule has 1 atom stereocenters. The first-order chi connectivity index (χ1) is 10.1. The number of carbonyl (C=O) groups is 2. The van der Waals surface area contributed by atoms with Gasteiger partial charge in [-0.15, -0.1) is 0 Å². The number of carboxylic acid groups (broad SMARTS) is 1. The molecule has 1 aromatic rings. The summed E-state index contributed by atoms with van der Waals surface area (Å²) in [5.41, 5.74) is 1.87. The molecule has 0 spiro atoms. The standard InChI is InChI=1S/C17H21NO3/c19-15(20)11-17(9-4-10-17)18-16(21)14-8-3-6-12-5-1-2-7-13(12)14/h1-2,5,7,14H,3-4,6,8-11H2,(H,18,21)(H,19,20). The summed E-state index contributed by atoms with van der Waals surface area (Å²) in [6.45, 7) is 0. The molecule has 4 heteroatoms. The Morgan fingerprint density at radius 2 is 2.00 bits per heavy atom. The number of rotatable bonds is 4. The molecule has 2 aliphatic rings. The van der Waals surface area contributed by atoms with E-state index in [1.165, 1.54) is 5.56 Å². The molecule has 0 heterocycles. The highest BCUT2D eigenvalue weighted by atomic mass is 16.4. The van der Waals surface area contributed by atoms with Crippen LogP contribution in [0.2, 0.25) is 0 Å². The molecule has 0 bridgehead atoms. The highest BCUT2D eigenvalue weighted by molar-refractivity contribution is 5.85. The number of amides is 1. The molecule has 112 valence electrons. The van der Waals surface area contributed by atoms with Crippen molar-refractivity contribution >= 4 is 11.9 Å². The lowest BCUT2D eigenvalue weighted by Crippen LogP contribution is -2.55. The lowest BCUT2D eigenvalue weighted by molar-refractivity contribution is -0.140. The van der Waals surface area contributed by atoms with Gasteiger partial charge in [0.2, 0.25) is 5.91 Å². The third kappa shape index (κ3) is 2.80. The predicted octanol–water partition coefficient (Wildman–Crippen LogP) is 2.62. The fraction of sp³-hybridized carbons (Fsp3) is 0.529. The summed E-state index contributed by atoms with van der Waals surface area (Å²) in [5.74, 6) is -0.955. The van der Waals surface area contributed by atoms with Gasteiger partial charge in [-0.25, -0.2) is 0 Å². The van der Waals surface area contributed by atoms with Gasteiger partial charge < -0.3 is 10.4 Å². The minimum Gasteiger partial charge on any atom is -0.481 e. The number of carbonyl (C=O) groups excluding carboxylic acids is 1. The summed E-state index contributed by atoms with van der Waals surface area (Å²) in [6.07, 6.45) is 5.48. The number of nitrogens with one attached hydrogen (secondary N) is 1. The van der Waals surface area contributed by atoms with Crippen molar-refractivity contribution in [3.8, 4) is 0 Å². The van der Waals surface area contributed by atoms with E-state index in [-0.39, 0.29) is 18.2 Å². The molecule has 0 saturated heterocycles. The molecule has 4 nitrogen and oxygen atoms in total. The molecular formula is C17H21NO3. The van der Waals surface area contributed by atoms with E-state index in [9.17, 15) is 9.59 Å². The third-order valence-electron chi connectivity index (χ3n) is 4.87. The van der Waals surface area contributed by atoms with Gasteiger partial charge in [0.15, 0.2) is 0 Å². The van der Waals surface area contributed by atoms with E-state index in [1.807, 2.05) is 18.2 Å². The zero-order chi connectivity index (χ0) is 14.9. The largest absolute Gasteiger partial charge is 0.481 e. The van der Waals surface area contributed by atoms with Gasteiger partial charge >= 0.3 is 5.97 Å². The Balaban J connectivity index is 1.76. The number of hydrogen-bond acceptors (Lipinski definition) is 2. The van der Waals surface area contributed by atoms with Crippen molar-refractivity contribution in [3.05, 3.63) is 35.4 Å². The number of carboxylic acids is 1. The summed E-state index contributed by atoms with van der Waals surface area (Å²) < 4.78 is 0. The van der Waals surface area contributed by atoms with E-state index >= 15 is 0 Å². The van der Waals surface area contributed by atoms with Crippen molar-refractivity contribution in [2.75, 3.05) is 0 Å².